The highest BCUT2D eigenvalue weighted by Gasteiger charge is 2.56. The molecule has 2 aliphatic rings. The van der Waals surface area contributed by atoms with Gasteiger partial charge in [0.25, 0.3) is 5.91 Å². The Morgan fingerprint density at radius 1 is 1.57 bits per heavy atom. The highest BCUT2D eigenvalue weighted by atomic mass is 32.2. The van der Waals surface area contributed by atoms with Crippen LogP contribution in [0.3, 0.4) is 0 Å². The van der Waals surface area contributed by atoms with Crippen LogP contribution in [0, 0.1) is 5.41 Å². The minimum Gasteiger partial charge on any atom is -0.481 e. The van der Waals surface area contributed by atoms with Gasteiger partial charge in [-0.15, -0.1) is 29.7 Å². The van der Waals surface area contributed by atoms with Gasteiger partial charge in [-0.1, -0.05) is 11.2 Å². The number of aliphatic carboxylic acids is 1. The predicted octanol–water partition coefficient (Wildman–Crippen LogP) is 0.109. The summed E-state index contributed by atoms with van der Waals surface area (Å²) < 4.78 is 0. The number of amides is 3. The molecule has 1 aromatic heterocycles. The molecular weight excluding hydrogens is 434 g/mol. The molecule has 0 saturated carbocycles. The third kappa shape index (κ3) is 3.89. The van der Waals surface area contributed by atoms with E-state index in [1.54, 1.807) is 6.92 Å². The summed E-state index contributed by atoms with van der Waals surface area (Å²) in [7, 11) is 0. The van der Waals surface area contributed by atoms with Crippen molar-refractivity contribution in [2.45, 2.75) is 18.3 Å². The average Bonchev–Trinajstić information content (AvgIpc) is 3.20. The Kier molecular flexibility index (Phi) is 6.41. The molecule has 160 valence electrons. The summed E-state index contributed by atoms with van der Waals surface area (Å²) >= 11 is 2.37. The number of oxime groups is 1. The number of nitrogens with zero attached hydrogens (tertiary/aromatic N) is 3. The summed E-state index contributed by atoms with van der Waals surface area (Å²) in [5.41, 5.74) is -1.16. The smallest absolute Gasteiger partial charge is 0.316 e. The van der Waals surface area contributed by atoms with Crippen molar-refractivity contribution in [2.24, 2.45) is 10.6 Å². The summed E-state index contributed by atoms with van der Waals surface area (Å²) in [6.45, 7) is 5.50. The number of thiazole rings is 1. The number of anilines is 1. The van der Waals surface area contributed by atoms with E-state index in [1.165, 1.54) is 28.1 Å². The molecule has 0 aliphatic carbocycles. The number of carbonyl (C=O) groups is 4. The molecule has 2 fully saturated rings. The molecule has 1 aromatic rings. The van der Waals surface area contributed by atoms with Crippen LogP contribution in [0.25, 0.3) is 0 Å². The van der Waals surface area contributed by atoms with Crippen LogP contribution in [0.15, 0.2) is 23.2 Å². The molecule has 3 N–H and O–H groups in total. The fraction of sp³-hybridized carbons (Fsp3) is 0.412. The zero-order valence-electron chi connectivity index (χ0n) is 15.9. The first-order valence-electron chi connectivity index (χ1n) is 8.83. The number of aromatic nitrogens is 1. The van der Waals surface area contributed by atoms with Crippen molar-refractivity contribution in [1.29, 1.82) is 0 Å². The molecule has 3 rings (SSSR count). The van der Waals surface area contributed by atoms with E-state index < -0.39 is 23.3 Å². The molecule has 2 saturated heterocycles. The molecule has 3 atom stereocenters. The first kappa shape index (κ1) is 21.8. The zero-order chi connectivity index (χ0) is 21.9. The van der Waals surface area contributed by atoms with Gasteiger partial charge in [0, 0.05) is 17.7 Å². The average molecular weight is 454 g/mol. The molecule has 11 nitrogen and oxygen atoms in total. The van der Waals surface area contributed by atoms with Crippen LogP contribution >= 0.6 is 23.1 Å². The summed E-state index contributed by atoms with van der Waals surface area (Å²) in [6.07, 6.45) is 1.81. The molecule has 13 heteroatoms. The first-order valence-corrected chi connectivity index (χ1v) is 10.8. The number of carboxylic acid groups (broad SMARTS) is 1. The third-order valence-electron chi connectivity index (χ3n) is 4.64. The molecular formula is C17H19N5O6S2. The predicted molar refractivity (Wildman–Crippen MR) is 110 cm³/mol. The van der Waals surface area contributed by atoms with E-state index in [-0.39, 0.29) is 46.7 Å². The van der Waals surface area contributed by atoms with Crippen LogP contribution in [0.5, 0.6) is 0 Å². The normalized spacial score (nSPS) is 25.6. The fourth-order valence-corrected chi connectivity index (χ4v) is 5.17. The molecule has 0 aromatic carbocycles. The van der Waals surface area contributed by atoms with Gasteiger partial charge >= 0.3 is 5.97 Å². The molecule has 2 unspecified atom stereocenters. The van der Waals surface area contributed by atoms with Gasteiger partial charge in [-0.3, -0.25) is 19.2 Å². The van der Waals surface area contributed by atoms with E-state index in [4.69, 9.17) is 4.84 Å². The number of β-lactam (4-membered cyclic amide) rings is 1. The Morgan fingerprint density at radius 2 is 2.33 bits per heavy atom. The first-order chi connectivity index (χ1) is 14.4. The minimum absolute atomic E-state index is 0.00140. The number of rotatable bonds is 9. The lowest BCUT2D eigenvalue weighted by molar-refractivity contribution is -0.156. The minimum atomic E-state index is -1.21. The molecule has 0 radical (unpaired) electrons. The number of fused-ring (bicyclic) bond motifs is 1. The molecule has 30 heavy (non-hydrogen) atoms. The maximum absolute atomic E-state index is 12.8. The van der Waals surface area contributed by atoms with Crippen LogP contribution < -0.4 is 10.6 Å². The topological polar surface area (TPSA) is 150 Å². The quantitative estimate of drug-likeness (QED) is 0.157. The maximum atomic E-state index is 12.8. The van der Waals surface area contributed by atoms with E-state index in [2.05, 4.69) is 27.4 Å². The summed E-state index contributed by atoms with van der Waals surface area (Å²) in [5, 5.41) is 19.7. The summed E-state index contributed by atoms with van der Waals surface area (Å²) in [4.78, 5) is 58.0. The van der Waals surface area contributed by atoms with Gasteiger partial charge in [-0.2, -0.15) is 0 Å². The van der Waals surface area contributed by atoms with Gasteiger partial charge in [-0.25, -0.2) is 4.98 Å². The van der Waals surface area contributed by atoms with Gasteiger partial charge < -0.3 is 25.5 Å². The Morgan fingerprint density at radius 3 is 2.97 bits per heavy atom. The molecule has 0 bridgehead atoms. The van der Waals surface area contributed by atoms with Crippen molar-refractivity contribution < 1.29 is 29.1 Å². The third-order valence-corrected chi connectivity index (χ3v) is 6.96. The maximum Gasteiger partial charge on any atom is 0.316 e. The van der Waals surface area contributed by atoms with Gasteiger partial charge in [0.05, 0.1) is 0 Å². The molecule has 3 heterocycles. The van der Waals surface area contributed by atoms with E-state index >= 15 is 0 Å². The second-order valence-electron chi connectivity index (χ2n) is 6.44. The van der Waals surface area contributed by atoms with E-state index in [0.29, 0.717) is 6.41 Å². The number of hydrogen-bond acceptors (Lipinski definition) is 9. The summed E-state index contributed by atoms with van der Waals surface area (Å²) in [5.74, 6) is -1.85. The lowest BCUT2D eigenvalue weighted by Crippen LogP contribution is -2.73. The largest absolute Gasteiger partial charge is 0.481 e. The summed E-state index contributed by atoms with van der Waals surface area (Å²) in [6, 6.07) is -0.822. The van der Waals surface area contributed by atoms with Crippen molar-refractivity contribution in [2.75, 3.05) is 24.2 Å². The number of nitrogens with one attached hydrogen (secondary N) is 2. The fourth-order valence-electron chi connectivity index (χ4n) is 2.98. The van der Waals surface area contributed by atoms with Crippen molar-refractivity contribution in [1.82, 2.24) is 15.2 Å². The van der Waals surface area contributed by atoms with Crippen molar-refractivity contribution in [3.8, 4) is 0 Å². The number of hydrogen-bond donors (Lipinski definition) is 3. The van der Waals surface area contributed by atoms with Gasteiger partial charge in [-0.05, 0) is 6.92 Å². The monoisotopic (exact) mass is 453 g/mol. The highest BCUT2D eigenvalue weighted by molar-refractivity contribution is 8.00. The van der Waals surface area contributed by atoms with E-state index in [9.17, 15) is 24.3 Å². The number of carboxylic acids is 1. The van der Waals surface area contributed by atoms with Crippen LogP contribution in [-0.4, -0.2) is 75.2 Å². The van der Waals surface area contributed by atoms with Crippen LogP contribution in [0.4, 0.5) is 5.13 Å². The second-order valence-corrected chi connectivity index (χ2v) is 8.41. The number of carbonyl (C=O) groups excluding carboxylic acids is 3. The lowest BCUT2D eigenvalue weighted by Gasteiger charge is -2.53. The molecule has 2 aliphatic heterocycles. The standard InChI is InChI=1S/C17H19N5O6S2/c1-3-17(15(26)27)6-22-13(25)11(14(22)30-7-17)20-12(24)10(21-28-4-2)9-5-29-16(19-9)18-8-23/h3,5,8,11,14H,1,4,6-7H2,2H3,(H,20,24)(H,26,27)(H,18,19,23)/t11?,14-,17?/m1/s1. The number of thioether (sulfide) groups is 1. The van der Waals surface area contributed by atoms with Crippen molar-refractivity contribution in [3.63, 3.8) is 0 Å². The van der Waals surface area contributed by atoms with Gasteiger partial charge in [0.15, 0.2) is 10.8 Å². The lowest BCUT2D eigenvalue weighted by atomic mass is 9.87. The Labute approximate surface area is 179 Å². The van der Waals surface area contributed by atoms with Crippen molar-refractivity contribution >= 4 is 58.1 Å². The van der Waals surface area contributed by atoms with Gasteiger partial charge in [0.2, 0.25) is 12.3 Å². The SMILES string of the molecule is C=CC1(C(=O)O)CS[C@@H]2C(NC(=O)C(=NOCC)c3csc(NC=O)n3)C(=O)N2C1. The van der Waals surface area contributed by atoms with Crippen LogP contribution in [-0.2, 0) is 24.0 Å². The van der Waals surface area contributed by atoms with Crippen LogP contribution in [0.1, 0.15) is 12.6 Å². The van der Waals surface area contributed by atoms with Crippen molar-refractivity contribution in [3.05, 3.63) is 23.7 Å². The zero-order valence-corrected chi connectivity index (χ0v) is 17.5. The van der Waals surface area contributed by atoms with Crippen LogP contribution in [0.2, 0.25) is 0 Å². The Balaban J connectivity index is 1.72. The van der Waals surface area contributed by atoms with E-state index in [0.717, 1.165) is 11.3 Å². The molecule has 0 spiro atoms. The Hall–Kier alpha value is -2.93. The molecule has 3 amide bonds. The Bertz CT molecular complexity index is 918. The van der Waals surface area contributed by atoms with E-state index in [1.807, 2.05) is 0 Å². The highest BCUT2D eigenvalue weighted by Crippen LogP contribution is 2.42. The van der Waals surface area contributed by atoms with Gasteiger partial charge in [0.1, 0.15) is 29.1 Å². The second kappa shape index (κ2) is 8.83.